The first-order valence-electron chi connectivity index (χ1n) is 6.06. The molecule has 0 rings (SSSR count). The molecular formula is C12H26Sn. The molecule has 0 spiro atoms. The molecule has 0 saturated heterocycles. The molecule has 0 bridgehead atoms. The second kappa shape index (κ2) is 12.5. The summed E-state index contributed by atoms with van der Waals surface area (Å²) in [7, 11) is 0. The van der Waals surface area contributed by atoms with Gasteiger partial charge in [-0.3, -0.25) is 0 Å². The van der Waals surface area contributed by atoms with Crippen molar-refractivity contribution in [1.82, 2.24) is 0 Å². The third-order valence-electron chi connectivity index (χ3n) is 2.37. The predicted molar refractivity (Wildman–Crippen MR) is 66.2 cm³/mol. The van der Waals surface area contributed by atoms with E-state index < -0.39 is 0 Å². The van der Waals surface area contributed by atoms with Crippen LogP contribution in [0.4, 0.5) is 0 Å². The molecule has 0 fully saturated rings. The van der Waals surface area contributed by atoms with Crippen LogP contribution in [0.1, 0.15) is 58.8 Å². The van der Waals surface area contributed by atoms with Gasteiger partial charge in [0.15, 0.2) is 0 Å². The van der Waals surface area contributed by atoms with E-state index in [1.54, 1.807) is 4.44 Å². The van der Waals surface area contributed by atoms with Crippen LogP contribution in [-0.2, 0) is 0 Å². The number of hydrogen-bond donors (Lipinski definition) is 0. The summed E-state index contributed by atoms with van der Waals surface area (Å²) in [6.07, 6.45) is 12.3. The van der Waals surface area contributed by atoms with Gasteiger partial charge in [0.25, 0.3) is 0 Å². The molecule has 0 aliphatic rings. The average molecular weight is 289 g/mol. The molecule has 0 N–H and O–H groups in total. The average Bonchev–Trinajstić information content (AvgIpc) is 2.16. The van der Waals surface area contributed by atoms with Crippen LogP contribution in [0.25, 0.3) is 0 Å². The Bertz CT molecular complexity index is 108. The molecule has 0 atom stereocenters. The molecule has 0 aromatic heterocycles. The van der Waals surface area contributed by atoms with Crippen LogP contribution in [0.15, 0.2) is 10.2 Å². The van der Waals surface area contributed by atoms with Gasteiger partial charge in [-0.15, -0.1) is 0 Å². The molecule has 0 aromatic rings. The molecular weight excluding hydrogens is 263 g/mol. The molecule has 0 aromatic carbocycles. The third kappa shape index (κ3) is 12.5. The van der Waals surface area contributed by atoms with Gasteiger partial charge in [0.1, 0.15) is 0 Å². The predicted octanol–water partition coefficient (Wildman–Crippen LogP) is 3.86. The number of unbranched alkanes of at least 4 members (excludes halogenated alkanes) is 5. The van der Waals surface area contributed by atoms with Crippen molar-refractivity contribution in [2.24, 2.45) is 0 Å². The van der Waals surface area contributed by atoms with E-state index in [-0.39, 0.29) is 21.1 Å². The molecule has 0 saturated carbocycles. The summed E-state index contributed by atoms with van der Waals surface area (Å²) in [5.41, 5.74) is 0. The zero-order valence-electron chi connectivity index (χ0n) is 9.52. The zero-order chi connectivity index (χ0) is 9.78. The van der Waals surface area contributed by atoms with E-state index in [4.69, 9.17) is 0 Å². The molecule has 0 aliphatic carbocycles. The Morgan fingerprint density at radius 2 is 1.69 bits per heavy atom. The Morgan fingerprint density at radius 1 is 0.923 bits per heavy atom. The van der Waals surface area contributed by atoms with Crippen molar-refractivity contribution in [3.05, 3.63) is 10.2 Å². The molecule has 0 amide bonds. The maximum atomic E-state index is 2.57. The van der Waals surface area contributed by atoms with E-state index in [0.29, 0.717) is 0 Å². The molecule has 1 heteroatoms. The Morgan fingerprint density at radius 3 is 2.38 bits per heavy atom. The molecule has 13 heavy (non-hydrogen) atoms. The van der Waals surface area contributed by atoms with E-state index in [1.165, 1.54) is 44.9 Å². The van der Waals surface area contributed by atoms with Gasteiger partial charge >= 0.3 is 94.5 Å². The van der Waals surface area contributed by atoms with Crippen LogP contribution in [0, 0.1) is 0 Å². The Labute approximate surface area is 94.4 Å². The van der Waals surface area contributed by atoms with Crippen LogP contribution in [0.5, 0.6) is 0 Å². The van der Waals surface area contributed by atoms with Crippen molar-refractivity contribution >= 4 is 21.1 Å². The second-order valence-electron chi connectivity index (χ2n) is 3.82. The minimum atomic E-state index is -0.390. The summed E-state index contributed by atoms with van der Waals surface area (Å²) < 4.78 is 4.16. The summed E-state index contributed by atoms with van der Waals surface area (Å²) in [4.78, 5) is 0. The maximum absolute atomic E-state index is 2.57. The van der Waals surface area contributed by atoms with Gasteiger partial charge in [0.2, 0.25) is 0 Å². The van der Waals surface area contributed by atoms with E-state index in [9.17, 15) is 0 Å². The summed E-state index contributed by atoms with van der Waals surface area (Å²) in [6.45, 7) is 4.57. The second-order valence-corrected chi connectivity index (χ2v) is 8.83. The van der Waals surface area contributed by atoms with Crippen LogP contribution in [0.3, 0.4) is 0 Å². The minimum absolute atomic E-state index is 0.390. The van der Waals surface area contributed by atoms with Gasteiger partial charge in [-0.1, -0.05) is 0 Å². The standard InChI is InChI=1S/C8H15.C4H9.Sn.2H/c1-3-5-7-8-6-4-2;1-3-4-2;;;/h1,3H,4-8H2,2H3;1,3-4H2,2H3;;;. The van der Waals surface area contributed by atoms with Crippen molar-refractivity contribution < 1.29 is 0 Å². The SMILES string of the molecule is CCCCCCC=[CH][SnH2][CH2]CCC. The Hall–Kier alpha value is 0.539. The fourth-order valence-electron chi connectivity index (χ4n) is 1.44. The monoisotopic (exact) mass is 290 g/mol. The van der Waals surface area contributed by atoms with E-state index >= 15 is 0 Å². The summed E-state index contributed by atoms with van der Waals surface area (Å²) >= 11 is -0.390. The van der Waals surface area contributed by atoms with Crippen LogP contribution < -0.4 is 0 Å². The molecule has 0 heterocycles. The van der Waals surface area contributed by atoms with Gasteiger partial charge in [0, 0.05) is 0 Å². The Balaban J connectivity index is 2.95. The summed E-state index contributed by atoms with van der Waals surface area (Å²) in [5.74, 6) is 0. The normalized spacial score (nSPS) is 12.2. The van der Waals surface area contributed by atoms with Crippen molar-refractivity contribution in [3.8, 4) is 0 Å². The van der Waals surface area contributed by atoms with Crippen LogP contribution in [-0.4, -0.2) is 21.1 Å². The van der Waals surface area contributed by atoms with Crippen LogP contribution >= 0.6 is 0 Å². The van der Waals surface area contributed by atoms with Crippen molar-refractivity contribution in [1.29, 1.82) is 0 Å². The number of hydrogen-bond acceptors (Lipinski definition) is 0. The zero-order valence-corrected chi connectivity index (χ0v) is 13.6. The Kier molecular flexibility index (Phi) is 13.1. The van der Waals surface area contributed by atoms with Gasteiger partial charge in [-0.25, -0.2) is 0 Å². The fourth-order valence-corrected chi connectivity index (χ4v) is 5.71. The molecule has 0 aliphatic heterocycles. The molecule has 78 valence electrons. The van der Waals surface area contributed by atoms with E-state index in [1.807, 2.05) is 0 Å². The van der Waals surface area contributed by atoms with E-state index in [0.717, 1.165) is 0 Å². The number of allylic oxidation sites excluding steroid dienone is 1. The van der Waals surface area contributed by atoms with Gasteiger partial charge in [-0.2, -0.15) is 0 Å². The summed E-state index contributed by atoms with van der Waals surface area (Å²) in [6, 6.07) is 0. The van der Waals surface area contributed by atoms with Gasteiger partial charge < -0.3 is 0 Å². The number of rotatable bonds is 9. The molecule has 0 nitrogen and oxygen atoms in total. The van der Waals surface area contributed by atoms with Gasteiger partial charge in [-0.05, 0) is 0 Å². The topological polar surface area (TPSA) is 0 Å². The fraction of sp³-hybridized carbons (Fsp3) is 0.833. The third-order valence-corrected chi connectivity index (χ3v) is 6.86. The van der Waals surface area contributed by atoms with Crippen LogP contribution in [0.2, 0.25) is 4.44 Å². The first kappa shape index (κ1) is 13.5. The van der Waals surface area contributed by atoms with Crippen molar-refractivity contribution in [2.75, 3.05) is 0 Å². The first-order valence-corrected chi connectivity index (χ1v) is 11.2. The molecule has 0 unspecified atom stereocenters. The van der Waals surface area contributed by atoms with Crippen molar-refractivity contribution in [3.63, 3.8) is 0 Å². The van der Waals surface area contributed by atoms with Gasteiger partial charge in [0.05, 0.1) is 0 Å². The van der Waals surface area contributed by atoms with Crippen molar-refractivity contribution in [2.45, 2.75) is 63.2 Å². The first-order chi connectivity index (χ1) is 6.41. The molecule has 0 radical (unpaired) electrons. The van der Waals surface area contributed by atoms with E-state index in [2.05, 4.69) is 24.0 Å². The summed E-state index contributed by atoms with van der Waals surface area (Å²) in [5, 5.41) is 0. The quantitative estimate of drug-likeness (QED) is 0.446.